The first-order chi connectivity index (χ1) is 24.2. The molecule has 0 radical (unpaired) electrons. The van der Waals surface area contributed by atoms with Crippen LogP contribution in [0.1, 0.15) is 34.4 Å². The SMILES string of the molecule is NC(=N/C(=C\Cc1ccc(-c2ccccc2)cc1)c1ccc(-c2ccc(-n3c4c(c5ccccc53)CCC=C4)cc2)cc1)c1ccccc1. The second-order valence-electron chi connectivity index (χ2n) is 12.5. The summed E-state index contributed by atoms with van der Waals surface area (Å²) in [6, 6.07) is 55.5. The highest BCUT2D eigenvalue weighted by molar-refractivity contribution is 6.00. The number of nitrogens with zero attached hydrogens (tertiary/aromatic N) is 2. The summed E-state index contributed by atoms with van der Waals surface area (Å²) in [6.07, 6.45) is 9.67. The Morgan fingerprint density at radius 2 is 1.20 bits per heavy atom. The minimum atomic E-state index is 0.500. The quantitative estimate of drug-likeness (QED) is 0.132. The van der Waals surface area contributed by atoms with E-state index in [2.05, 4.69) is 144 Å². The second-order valence-corrected chi connectivity index (χ2v) is 12.5. The fourth-order valence-corrected chi connectivity index (χ4v) is 6.81. The number of aryl methyl sites for hydroxylation is 1. The van der Waals surface area contributed by atoms with Crippen molar-refractivity contribution in [1.82, 2.24) is 4.57 Å². The first-order valence-corrected chi connectivity index (χ1v) is 17.0. The third-order valence-corrected chi connectivity index (χ3v) is 9.40. The summed E-state index contributed by atoms with van der Waals surface area (Å²) < 4.78 is 2.40. The highest BCUT2D eigenvalue weighted by atomic mass is 15.0. The molecule has 0 unspecified atom stereocenters. The maximum absolute atomic E-state index is 6.54. The minimum absolute atomic E-state index is 0.500. The molecule has 2 N–H and O–H groups in total. The molecule has 0 bridgehead atoms. The molecule has 6 aromatic carbocycles. The zero-order valence-electron chi connectivity index (χ0n) is 27.3. The Morgan fingerprint density at radius 3 is 1.92 bits per heavy atom. The van der Waals surface area contributed by atoms with Crippen molar-refractivity contribution in [3.8, 4) is 27.9 Å². The second kappa shape index (κ2) is 13.5. The summed E-state index contributed by atoms with van der Waals surface area (Å²) >= 11 is 0. The minimum Gasteiger partial charge on any atom is -0.383 e. The van der Waals surface area contributed by atoms with Crippen molar-refractivity contribution in [2.24, 2.45) is 10.7 Å². The van der Waals surface area contributed by atoms with Gasteiger partial charge in [0.15, 0.2) is 0 Å². The van der Waals surface area contributed by atoms with E-state index in [9.17, 15) is 0 Å². The Balaban J connectivity index is 1.08. The van der Waals surface area contributed by atoms with Crippen LogP contribution >= 0.6 is 0 Å². The van der Waals surface area contributed by atoms with Gasteiger partial charge in [0.25, 0.3) is 0 Å². The van der Waals surface area contributed by atoms with Crippen molar-refractivity contribution in [2.45, 2.75) is 19.3 Å². The van der Waals surface area contributed by atoms with Crippen LogP contribution < -0.4 is 5.73 Å². The van der Waals surface area contributed by atoms with Crippen molar-refractivity contribution < 1.29 is 0 Å². The van der Waals surface area contributed by atoms with E-state index in [0.717, 1.165) is 41.6 Å². The standard InChI is InChI=1S/C46H37N3/c47-46(39-13-5-2-6-14-39)48-43(32-21-33-19-22-35(23-20-33)34-11-3-1-4-12-34)38-26-24-36(25-27-38)37-28-30-40(31-29-37)49-44-17-9-7-15-41(44)42-16-8-10-18-45(42)49/h1-7,9-15,17-20,22-32H,8,16,21H2,(H2,47,48)/b43-32-. The number of amidine groups is 1. The molecule has 3 nitrogen and oxygen atoms in total. The maximum Gasteiger partial charge on any atom is 0.131 e. The fraction of sp³-hybridized carbons (Fsp3) is 0.0652. The van der Waals surface area contributed by atoms with Crippen LogP contribution in [-0.4, -0.2) is 10.4 Å². The van der Waals surface area contributed by atoms with Crippen LogP contribution in [0.2, 0.25) is 0 Å². The topological polar surface area (TPSA) is 43.3 Å². The Bertz CT molecular complexity index is 2310. The molecule has 0 aliphatic heterocycles. The lowest BCUT2D eigenvalue weighted by Crippen LogP contribution is -2.13. The Kier molecular flexibility index (Phi) is 8.31. The van der Waals surface area contributed by atoms with Gasteiger partial charge >= 0.3 is 0 Å². The van der Waals surface area contributed by atoms with E-state index in [1.807, 2.05) is 36.4 Å². The average Bonchev–Trinajstić information content (AvgIpc) is 3.52. The van der Waals surface area contributed by atoms with E-state index in [4.69, 9.17) is 10.7 Å². The van der Waals surface area contributed by atoms with Gasteiger partial charge in [0, 0.05) is 22.3 Å². The van der Waals surface area contributed by atoms with Crippen LogP contribution in [0.15, 0.2) is 175 Å². The van der Waals surface area contributed by atoms with Gasteiger partial charge in [-0.15, -0.1) is 0 Å². The van der Waals surface area contributed by atoms with Gasteiger partial charge < -0.3 is 10.3 Å². The van der Waals surface area contributed by atoms with Gasteiger partial charge in [0.05, 0.1) is 11.2 Å². The number of aliphatic imine (C=N–C) groups is 1. The van der Waals surface area contributed by atoms with Crippen molar-refractivity contribution in [3.05, 3.63) is 198 Å². The van der Waals surface area contributed by atoms with E-state index in [1.165, 1.54) is 50.1 Å². The van der Waals surface area contributed by atoms with Crippen LogP contribution in [0.4, 0.5) is 0 Å². The fourth-order valence-electron chi connectivity index (χ4n) is 6.81. The lowest BCUT2D eigenvalue weighted by molar-refractivity contribution is 0.967. The molecule has 0 saturated heterocycles. The number of fused-ring (bicyclic) bond motifs is 3. The number of para-hydroxylation sites is 1. The van der Waals surface area contributed by atoms with E-state index >= 15 is 0 Å². The summed E-state index contributed by atoms with van der Waals surface area (Å²) in [5, 5.41) is 1.35. The van der Waals surface area contributed by atoms with Crippen LogP contribution in [0, 0.1) is 0 Å². The smallest absolute Gasteiger partial charge is 0.131 e. The van der Waals surface area contributed by atoms with Crippen molar-refractivity contribution in [3.63, 3.8) is 0 Å². The molecule has 0 amide bonds. The molecule has 49 heavy (non-hydrogen) atoms. The number of hydrogen-bond acceptors (Lipinski definition) is 1. The summed E-state index contributed by atoms with van der Waals surface area (Å²) in [6.45, 7) is 0. The van der Waals surface area contributed by atoms with Crippen LogP contribution in [0.5, 0.6) is 0 Å². The molecule has 8 rings (SSSR count). The van der Waals surface area contributed by atoms with Crippen LogP contribution in [0.3, 0.4) is 0 Å². The number of aromatic nitrogens is 1. The third kappa shape index (κ3) is 6.27. The molecular weight excluding hydrogens is 595 g/mol. The largest absolute Gasteiger partial charge is 0.383 e. The monoisotopic (exact) mass is 631 g/mol. The zero-order valence-corrected chi connectivity index (χ0v) is 27.3. The normalized spacial score (nSPS) is 13.1. The van der Waals surface area contributed by atoms with E-state index < -0.39 is 0 Å². The van der Waals surface area contributed by atoms with Crippen molar-refractivity contribution in [2.75, 3.05) is 0 Å². The number of nitrogens with two attached hydrogens (primary N) is 1. The van der Waals surface area contributed by atoms with Gasteiger partial charge in [-0.05, 0) is 82.5 Å². The molecule has 0 atom stereocenters. The molecule has 7 aromatic rings. The number of benzene rings is 6. The van der Waals surface area contributed by atoms with Gasteiger partial charge in [0.1, 0.15) is 5.84 Å². The first-order valence-electron chi connectivity index (χ1n) is 17.0. The zero-order chi connectivity index (χ0) is 33.0. The van der Waals surface area contributed by atoms with Gasteiger partial charge in [-0.1, -0.05) is 152 Å². The summed E-state index contributed by atoms with van der Waals surface area (Å²) in [7, 11) is 0. The molecule has 0 saturated carbocycles. The number of hydrogen-bond donors (Lipinski definition) is 1. The molecule has 3 heteroatoms. The van der Waals surface area contributed by atoms with Gasteiger partial charge in [-0.3, -0.25) is 0 Å². The molecule has 1 aliphatic rings. The summed E-state index contributed by atoms with van der Waals surface area (Å²) in [5.74, 6) is 0.500. The van der Waals surface area contributed by atoms with Crippen LogP contribution in [0.25, 0.3) is 50.6 Å². The summed E-state index contributed by atoms with van der Waals surface area (Å²) in [4.78, 5) is 4.95. The van der Waals surface area contributed by atoms with Gasteiger partial charge in [-0.25, -0.2) is 4.99 Å². The van der Waals surface area contributed by atoms with Gasteiger partial charge in [0.2, 0.25) is 0 Å². The van der Waals surface area contributed by atoms with E-state index in [-0.39, 0.29) is 0 Å². The lowest BCUT2D eigenvalue weighted by atomic mass is 10.0. The molecular formula is C46H37N3. The molecule has 0 spiro atoms. The Hall–Kier alpha value is -6.19. The molecule has 1 heterocycles. The predicted octanol–water partition coefficient (Wildman–Crippen LogP) is 10.9. The lowest BCUT2D eigenvalue weighted by Gasteiger charge is -2.13. The van der Waals surface area contributed by atoms with Crippen LogP contribution in [-0.2, 0) is 12.8 Å². The Labute approximate surface area is 288 Å². The average molecular weight is 632 g/mol. The number of allylic oxidation sites excluding steroid dienone is 2. The number of rotatable bonds is 8. The Morgan fingerprint density at radius 1 is 0.612 bits per heavy atom. The maximum atomic E-state index is 6.54. The predicted molar refractivity (Wildman–Crippen MR) is 207 cm³/mol. The highest BCUT2D eigenvalue weighted by Crippen LogP contribution is 2.34. The molecule has 0 fully saturated rings. The molecule has 236 valence electrons. The van der Waals surface area contributed by atoms with E-state index in [1.54, 1.807) is 0 Å². The third-order valence-electron chi connectivity index (χ3n) is 9.40. The molecule has 1 aliphatic carbocycles. The van der Waals surface area contributed by atoms with Gasteiger partial charge in [-0.2, -0.15) is 0 Å². The highest BCUT2D eigenvalue weighted by Gasteiger charge is 2.18. The van der Waals surface area contributed by atoms with Crippen molar-refractivity contribution >= 4 is 28.5 Å². The molecule has 1 aromatic heterocycles. The summed E-state index contributed by atoms with van der Waals surface area (Å²) in [5.41, 5.74) is 20.5. The first kappa shape index (κ1) is 30.2. The van der Waals surface area contributed by atoms with Crippen molar-refractivity contribution in [1.29, 1.82) is 0 Å². The van der Waals surface area contributed by atoms with E-state index in [0.29, 0.717) is 5.84 Å².